The van der Waals surface area contributed by atoms with Crippen LogP contribution in [0.5, 0.6) is 23.0 Å². The molecule has 0 unspecified atom stereocenters. The first-order valence-corrected chi connectivity index (χ1v) is 11.5. The third-order valence-corrected chi connectivity index (χ3v) is 7.06. The van der Waals surface area contributed by atoms with Crippen molar-refractivity contribution in [3.05, 3.63) is 118 Å². The number of phenolic OH excluding ortho intramolecular Hbond substituents is 2. The Morgan fingerprint density at radius 2 is 1.27 bits per heavy atom. The molecule has 0 bridgehead atoms. The maximum absolute atomic E-state index is 13.1. The van der Waals surface area contributed by atoms with Gasteiger partial charge in [-0.3, -0.25) is 14.5 Å². The van der Waals surface area contributed by atoms with Crippen LogP contribution in [-0.4, -0.2) is 32.9 Å². The van der Waals surface area contributed by atoms with Gasteiger partial charge in [-0.15, -0.1) is 0 Å². The topological polar surface area (TPSA) is 113 Å². The van der Waals surface area contributed by atoms with Gasteiger partial charge < -0.3 is 19.7 Å². The number of nitrogens with zero attached hydrogens (tertiary/aromatic N) is 1. The largest absolute Gasteiger partial charge is 0.508 e. The van der Waals surface area contributed by atoms with Crippen LogP contribution in [0.2, 0.25) is 0 Å². The molecule has 0 saturated heterocycles. The first-order valence-electron chi connectivity index (χ1n) is 11.5. The Bertz CT molecular complexity index is 1620. The van der Waals surface area contributed by atoms with Crippen molar-refractivity contribution in [3.8, 4) is 23.0 Å². The van der Waals surface area contributed by atoms with E-state index in [-0.39, 0.29) is 41.4 Å². The molecule has 0 fully saturated rings. The molecule has 180 valence electrons. The average Bonchev–Trinajstić information content (AvgIpc) is 3.30. The molecule has 0 atom stereocenters. The molecule has 1 spiro atoms. The van der Waals surface area contributed by atoms with Crippen LogP contribution >= 0.6 is 0 Å². The molecule has 0 aromatic heterocycles. The van der Waals surface area contributed by atoms with Gasteiger partial charge in [0.15, 0.2) is 5.60 Å². The van der Waals surface area contributed by atoms with E-state index in [1.807, 2.05) is 0 Å². The van der Waals surface area contributed by atoms with Crippen molar-refractivity contribution in [2.24, 2.45) is 0 Å². The minimum Gasteiger partial charge on any atom is -0.508 e. The van der Waals surface area contributed by atoms with Crippen molar-refractivity contribution in [1.82, 2.24) is 4.90 Å². The molecule has 2 N–H and O–H groups in total. The number of imide groups is 1. The summed E-state index contributed by atoms with van der Waals surface area (Å²) in [6.07, 6.45) is 0. The molecule has 0 saturated carbocycles. The zero-order chi connectivity index (χ0) is 25.5. The first kappa shape index (κ1) is 21.2. The van der Waals surface area contributed by atoms with Crippen molar-refractivity contribution in [1.29, 1.82) is 0 Å². The number of carbonyl (C=O) groups excluding carboxylic acids is 3. The highest BCUT2D eigenvalue weighted by Crippen LogP contribution is 2.57. The van der Waals surface area contributed by atoms with Gasteiger partial charge in [-0.25, -0.2) is 4.79 Å². The fourth-order valence-electron chi connectivity index (χ4n) is 5.41. The zero-order valence-corrected chi connectivity index (χ0v) is 19.1. The summed E-state index contributed by atoms with van der Waals surface area (Å²) in [6.45, 7) is 0.00523. The second-order valence-electron chi connectivity index (χ2n) is 9.16. The van der Waals surface area contributed by atoms with Crippen LogP contribution < -0.4 is 4.74 Å². The monoisotopic (exact) mass is 491 g/mol. The second-order valence-corrected chi connectivity index (χ2v) is 9.16. The van der Waals surface area contributed by atoms with E-state index < -0.39 is 11.6 Å². The third kappa shape index (κ3) is 2.80. The molecule has 0 radical (unpaired) electrons. The summed E-state index contributed by atoms with van der Waals surface area (Å²) in [6, 6.07) is 20.8. The number of aromatic hydroxyl groups is 2. The number of amides is 2. The summed E-state index contributed by atoms with van der Waals surface area (Å²) >= 11 is 0. The van der Waals surface area contributed by atoms with E-state index in [2.05, 4.69) is 0 Å². The molecule has 37 heavy (non-hydrogen) atoms. The zero-order valence-electron chi connectivity index (χ0n) is 19.1. The highest BCUT2D eigenvalue weighted by atomic mass is 16.6. The maximum Gasteiger partial charge on any atom is 0.340 e. The SMILES string of the molecule is O=C1OC2(c3ccc(O)cc3Oc3cc(O)ccc32)c2cc(CN3C(=O)c4ccccc4C3=O)ccc21. The van der Waals surface area contributed by atoms with Crippen molar-refractivity contribution >= 4 is 17.8 Å². The minimum atomic E-state index is -1.42. The van der Waals surface area contributed by atoms with E-state index in [1.165, 1.54) is 29.2 Å². The average molecular weight is 491 g/mol. The standard InChI is InChI=1S/C29H17NO7/c31-16-6-9-21-24(12-16)36-25-13-17(32)7-10-22(25)29(21)23-11-15(5-8-20(23)28(35)37-29)14-30-26(33)18-3-1-2-4-19(18)27(30)34/h1-13,31-32H,14H2. The molecule has 4 aromatic carbocycles. The van der Waals surface area contributed by atoms with Crippen LogP contribution in [0.3, 0.4) is 0 Å². The van der Waals surface area contributed by atoms with E-state index in [9.17, 15) is 24.6 Å². The van der Waals surface area contributed by atoms with Crippen LogP contribution in [0.4, 0.5) is 0 Å². The molecule has 2 amide bonds. The number of esters is 1. The highest BCUT2D eigenvalue weighted by Gasteiger charge is 2.54. The molecule has 3 aliphatic heterocycles. The molecule has 8 heteroatoms. The van der Waals surface area contributed by atoms with Gasteiger partial charge in [-0.2, -0.15) is 0 Å². The van der Waals surface area contributed by atoms with Gasteiger partial charge in [0.2, 0.25) is 0 Å². The van der Waals surface area contributed by atoms with Gasteiger partial charge in [-0.1, -0.05) is 18.2 Å². The van der Waals surface area contributed by atoms with E-state index >= 15 is 0 Å². The molecule has 3 aliphatic rings. The summed E-state index contributed by atoms with van der Waals surface area (Å²) in [7, 11) is 0. The summed E-state index contributed by atoms with van der Waals surface area (Å²) < 4.78 is 12.1. The number of rotatable bonds is 2. The summed E-state index contributed by atoms with van der Waals surface area (Å²) in [5.74, 6) is -0.856. The fraction of sp³-hybridized carbons (Fsp3) is 0.0690. The summed E-state index contributed by atoms with van der Waals surface area (Å²) in [5, 5.41) is 20.2. The Balaban J connectivity index is 1.39. The fourth-order valence-corrected chi connectivity index (χ4v) is 5.41. The molecule has 8 nitrogen and oxygen atoms in total. The molecular formula is C29H17NO7. The second kappa shape index (κ2) is 7.20. The number of hydrogen-bond donors (Lipinski definition) is 2. The van der Waals surface area contributed by atoms with Crippen LogP contribution in [0.25, 0.3) is 0 Å². The number of ether oxygens (including phenoxy) is 2. The van der Waals surface area contributed by atoms with Gasteiger partial charge in [0.1, 0.15) is 23.0 Å². The summed E-state index contributed by atoms with van der Waals surface area (Å²) in [5.41, 5.74) is 1.74. The van der Waals surface area contributed by atoms with Crippen molar-refractivity contribution < 1.29 is 34.1 Å². The lowest BCUT2D eigenvalue weighted by atomic mass is 9.77. The number of carbonyl (C=O) groups is 3. The van der Waals surface area contributed by atoms with Crippen LogP contribution in [-0.2, 0) is 16.9 Å². The predicted octanol–water partition coefficient (Wildman–Crippen LogP) is 4.46. The Kier molecular flexibility index (Phi) is 4.13. The predicted molar refractivity (Wildman–Crippen MR) is 129 cm³/mol. The molecule has 7 rings (SSSR count). The normalized spacial score (nSPS) is 16.1. The Morgan fingerprint density at radius 3 is 1.86 bits per heavy atom. The van der Waals surface area contributed by atoms with Crippen molar-refractivity contribution in [2.45, 2.75) is 12.1 Å². The lowest BCUT2D eigenvalue weighted by Gasteiger charge is -2.36. The number of phenols is 2. The Morgan fingerprint density at radius 1 is 0.676 bits per heavy atom. The quantitative estimate of drug-likeness (QED) is 0.314. The van der Waals surface area contributed by atoms with Crippen LogP contribution in [0.15, 0.2) is 78.9 Å². The van der Waals surface area contributed by atoms with Crippen molar-refractivity contribution in [3.63, 3.8) is 0 Å². The van der Waals surface area contributed by atoms with Crippen molar-refractivity contribution in [2.75, 3.05) is 0 Å². The Hall–Kier alpha value is -5.11. The lowest BCUT2D eigenvalue weighted by Crippen LogP contribution is -2.33. The van der Waals surface area contributed by atoms with E-state index in [4.69, 9.17) is 9.47 Å². The van der Waals surface area contributed by atoms with Gasteiger partial charge in [0, 0.05) is 28.8 Å². The van der Waals surface area contributed by atoms with E-state index in [1.54, 1.807) is 54.6 Å². The van der Waals surface area contributed by atoms with Crippen LogP contribution in [0, 0.1) is 0 Å². The Labute approximate surface area is 209 Å². The van der Waals surface area contributed by atoms with Crippen LogP contribution in [0.1, 0.15) is 53.3 Å². The minimum absolute atomic E-state index is 0.00523. The van der Waals surface area contributed by atoms with Gasteiger partial charge >= 0.3 is 5.97 Å². The first-order chi connectivity index (χ1) is 17.9. The number of hydrogen-bond acceptors (Lipinski definition) is 7. The van der Waals surface area contributed by atoms with Gasteiger partial charge in [-0.05, 0) is 54.1 Å². The number of fused-ring (bicyclic) bond motifs is 7. The molecule has 3 heterocycles. The molecular weight excluding hydrogens is 474 g/mol. The summed E-state index contributed by atoms with van der Waals surface area (Å²) in [4.78, 5) is 40.2. The number of benzene rings is 4. The third-order valence-electron chi connectivity index (χ3n) is 7.06. The maximum atomic E-state index is 13.1. The van der Waals surface area contributed by atoms with E-state index in [0.717, 1.165) is 0 Å². The highest BCUT2D eigenvalue weighted by molar-refractivity contribution is 6.21. The lowest BCUT2D eigenvalue weighted by molar-refractivity contribution is 0.0224. The van der Waals surface area contributed by atoms with Gasteiger partial charge in [0.25, 0.3) is 11.8 Å². The molecule has 0 aliphatic carbocycles. The molecule has 4 aromatic rings. The van der Waals surface area contributed by atoms with Gasteiger partial charge in [0.05, 0.1) is 23.2 Å². The smallest absolute Gasteiger partial charge is 0.340 e. The van der Waals surface area contributed by atoms with E-state index in [0.29, 0.717) is 38.9 Å².